The Bertz CT molecular complexity index is 1700. The standard InChI is InChI=1S/C24H27N2O15P3/c27-19-11-12-26(24(28)25-19)23-22-21(38-20(39-22)13-16-7-3-1-4-8-16)18(37-23)15-36-43(31,32)41-44(33,34)40-42(29,30)35-14-17-9-5-2-6-10-17/h1-12,18,20-23H,13-15H2,(H,29,30)(H,31,32)(H,33,34)(H,25,27,28)/p-3/t18-,20?,21?,22+,23-/m1/s1. The highest BCUT2D eigenvalue weighted by atomic mass is 31.3. The lowest BCUT2D eigenvalue weighted by Gasteiger charge is -2.34. The molecule has 8 atom stereocenters. The molecule has 0 spiro atoms. The summed E-state index contributed by atoms with van der Waals surface area (Å²) < 4.78 is 72.0. The summed E-state index contributed by atoms with van der Waals surface area (Å²) in [6.07, 6.45) is -3.95. The first-order valence-electron chi connectivity index (χ1n) is 12.8. The Kier molecular flexibility index (Phi) is 10.00. The van der Waals surface area contributed by atoms with Gasteiger partial charge in [0.1, 0.15) is 18.3 Å². The fourth-order valence-electron chi connectivity index (χ4n) is 4.49. The number of hydrogen-bond donors (Lipinski definition) is 1. The normalized spacial score (nSPS) is 27.2. The Morgan fingerprint density at radius 2 is 1.34 bits per heavy atom. The van der Waals surface area contributed by atoms with E-state index in [4.69, 9.17) is 14.2 Å². The van der Waals surface area contributed by atoms with Crippen LogP contribution in [0.1, 0.15) is 17.4 Å². The van der Waals surface area contributed by atoms with Crippen molar-refractivity contribution in [2.75, 3.05) is 6.61 Å². The number of ether oxygens (including phenoxy) is 3. The molecule has 3 heterocycles. The summed E-state index contributed by atoms with van der Waals surface area (Å²) in [5.74, 6) is 0. The number of phosphoric acid groups is 3. The van der Waals surface area contributed by atoms with Crippen LogP contribution in [0.25, 0.3) is 0 Å². The van der Waals surface area contributed by atoms with Crippen molar-refractivity contribution in [2.24, 2.45) is 0 Å². The molecule has 2 aliphatic heterocycles. The number of hydrogen-bond acceptors (Lipinski definition) is 15. The minimum Gasteiger partial charge on any atom is -0.756 e. The number of nitrogens with zero attached hydrogens (tertiary/aromatic N) is 1. The van der Waals surface area contributed by atoms with Gasteiger partial charge in [0.05, 0.1) is 13.2 Å². The van der Waals surface area contributed by atoms with Crippen molar-refractivity contribution in [1.29, 1.82) is 0 Å². The summed E-state index contributed by atoms with van der Waals surface area (Å²) in [5.41, 5.74) is -0.325. The van der Waals surface area contributed by atoms with Gasteiger partial charge in [0, 0.05) is 18.7 Å². The molecule has 5 unspecified atom stereocenters. The molecule has 1 aromatic heterocycles. The van der Waals surface area contributed by atoms with Crippen LogP contribution in [-0.2, 0) is 58.6 Å². The highest BCUT2D eigenvalue weighted by Gasteiger charge is 2.54. The molecule has 1 N–H and O–H groups in total. The molecule has 238 valence electrons. The Hall–Kier alpha value is -2.59. The van der Waals surface area contributed by atoms with Crippen LogP contribution in [0.4, 0.5) is 0 Å². The van der Waals surface area contributed by atoms with E-state index in [2.05, 4.69) is 22.7 Å². The van der Waals surface area contributed by atoms with E-state index >= 15 is 0 Å². The second kappa shape index (κ2) is 13.4. The Morgan fingerprint density at radius 3 is 1.98 bits per heavy atom. The highest BCUT2D eigenvalue weighted by Crippen LogP contribution is 2.63. The molecule has 0 aliphatic carbocycles. The fraction of sp³-hybridized carbons (Fsp3) is 0.333. The third kappa shape index (κ3) is 8.56. The predicted molar refractivity (Wildman–Crippen MR) is 141 cm³/mol. The minimum atomic E-state index is -6.09. The maximum atomic E-state index is 12.5. The van der Waals surface area contributed by atoms with Crippen LogP contribution < -0.4 is 25.9 Å². The lowest BCUT2D eigenvalue weighted by atomic mass is 10.1. The van der Waals surface area contributed by atoms with Crippen molar-refractivity contribution < 1.29 is 60.3 Å². The number of benzene rings is 2. The fourth-order valence-corrected chi connectivity index (χ4v) is 7.85. The van der Waals surface area contributed by atoms with E-state index in [9.17, 15) is 38.0 Å². The largest absolute Gasteiger partial charge is 0.756 e. The Labute approximate surface area is 248 Å². The van der Waals surface area contributed by atoms with Crippen LogP contribution in [0.3, 0.4) is 0 Å². The van der Waals surface area contributed by atoms with Crippen LogP contribution in [0, 0.1) is 0 Å². The number of aromatic nitrogens is 2. The monoisotopic (exact) mass is 673 g/mol. The highest BCUT2D eigenvalue weighted by molar-refractivity contribution is 7.65. The van der Waals surface area contributed by atoms with Gasteiger partial charge in [0.2, 0.25) is 0 Å². The summed E-state index contributed by atoms with van der Waals surface area (Å²) in [6.45, 7) is -1.50. The van der Waals surface area contributed by atoms with Gasteiger partial charge in [-0.1, -0.05) is 60.7 Å². The number of aromatic amines is 1. The van der Waals surface area contributed by atoms with Crippen molar-refractivity contribution >= 4 is 23.5 Å². The molecule has 44 heavy (non-hydrogen) atoms. The van der Waals surface area contributed by atoms with E-state index < -0.39 is 78.8 Å². The third-order valence-electron chi connectivity index (χ3n) is 6.30. The number of H-pyrrole nitrogens is 1. The predicted octanol–water partition coefficient (Wildman–Crippen LogP) is 0.459. The van der Waals surface area contributed by atoms with Gasteiger partial charge in [-0.05, 0) is 11.1 Å². The first-order chi connectivity index (χ1) is 20.8. The molecule has 2 saturated heterocycles. The molecule has 5 rings (SSSR count). The van der Waals surface area contributed by atoms with Gasteiger partial charge in [-0.15, -0.1) is 0 Å². The summed E-state index contributed by atoms with van der Waals surface area (Å²) >= 11 is 0. The lowest BCUT2D eigenvalue weighted by molar-refractivity contribution is -0.252. The molecule has 2 aromatic carbocycles. The molecule has 0 amide bonds. The quantitative estimate of drug-likeness (QED) is 0.242. The summed E-state index contributed by atoms with van der Waals surface area (Å²) in [5, 5.41) is 0. The minimum absolute atomic E-state index is 0.274. The van der Waals surface area contributed by atoms with E-state index in [0.717, 1.165) is 22.4 Å². The third-order valence-corrected chi connectivity index (χ3v) is 10.4. The molecule has 0 saturated carbocycles. The van der Waals surface area contributed by atoms with Gasteiger partial charge in [0.15, 0.2) is 12.5 Å². The van der Waals surface area contributed by atoms with Gasteiger partial charge in [0.25, 0.3) is 29.0 Å². The molecule has 17 nitrogen and oxygen atoms in total. The number of fused-ring (bicyclic) bond motifs is 1. The first-order valence-corrected chi connectivity index (χ1v) is 17.2. The lowest BCUT2D eigenvalue weighted by Crippen LogP contribution is -2.36. The van der Waals surface area contributed by atoms with Crippen molar-refractivity contribution in [1.82, 2.24) is 9.55 Å². The van der Waals surface area contributed by atoms with Crippen LogP contribution in [-0.4, -0.2) is 40.8 Å². The van der Waals surface area contributed by atoms with Crippen molar-refractivity contribution in [3.05, 3.63) is 105 Å². The van der Waals surface area contributed by atoms with E-state index in [1.807, 2.05) is 18.2 Å². The number of phosphoric ester groups is 2. The number of nitrogens with one attached hydrogen (secondary N) is 1. The van der Waals surface area contributed by atoms with E-state index in [0.29, 0.717) is 5.56 Å². The molecule has 0 radical (unpaired) electrons. The molecule has 2 fully saturated rings. The topological polar surface area (TPSA) is 240 Å². The average molecular weight is 673 g/mol. The van der Waals surface area contributed by atoms with Crippen LogP contribution in [0.5, 0.6) is 0 Å². The molecule has 0 bridgehead atoms. The summed E-state index contributed by atoms with van der Waals surface area (Å²) in [7, 11) is -17.5. The van der Waals surface area contributed by atoms with E-state index in [-0.39, 0.29) is 6.42 Å². The van der Waals surface area contributed by atoms with E-state index in [1.54, 1.807) is 30.3 Å². The average Bonchev–Trinajstić information content (AvgIpc) is 3.50. The first kappa shape index (κ1) is 32.8. The summed E-state index contributed by atoms with van der Waals surface area (Å²) in [4.78, 5) is 62.5. The zero-order valence-electron chi connectivity index (χ0n) is 22.3. The maximum Gasteiger partial charge on any atom is 0.330 e. The molecule has 3 aromatic rings. The molecular weight excluding hydrogens is 649 g/mol. The SMILES string of the molecule is O=c1ccn([C@@H]2O[C@H](COP(=O)([O-])OP(=O)([O-])OP(=O)([O-])OCc3ccccc3)C3OC(Cc4ccccc4)O[C@@H]32)c(=O)[nH]1. The maximum absolute atomic E-state index is 12.5. The zero-order valence-corrected chi connectivity index (χ0v) is 25.0. The second-order valence-corrected chi connectivity index (χ2v) is 14.0. The van der Waals surface area contributed by atoms with Crippen molar-refractivity contribution in [2.45, 2.75) is 43.9 Å². The van der Waals surface area contributed by atoms with Crippen molar-refractivity contribution in [3.63, 3.8) is 0 Å². The number of rotatable bonds is 13. The second-order valence-electron chi connectivity index (χ2n) is 9.46. The van der Waals surface area contributed by atoms with Crippen LogP contribution in [0.15, 0.2) is 82.5 Å². The van der Waals surface area contributed by atoms with Crippen LogP contribution >= 0.6 is 23.5 Å². The van der Waals surface area contributed by atoms with Gasteiger partial charge in [-0.2, -0.15) is 0 Å². The van der Waals surface area contributed by atoms with Gasteiger partial charge in [-0.25, -0.2) is 13.4 Å². The van der Waals surface area contributed by atoms with Crippen LogP contribution in [0.2, 0.25) is 0 Å². The molecule has 20 heteroatoms. The zero-order chi connectivity index (χ0) is 31.5. The van der Waals surface area contributed by atoms with Gasteiger partial charge >= 0.3 is 5.69 Å². The van der Waals surface area contributed by atoms with Gasteiger partial charge < -0.3 is 37.9 Å². The molecule has 2 aliphatic rings. The van der Waals surface area contributed by atoms with E-state index in [1.165, 1.54) is 12.1 Å². The molecular formula is C24H24N2O15P3-3. The van der Waals surface area contributed by atoms with Gasteiger partial charge in [-0.3, -0.25) is 28.0 Å². The Morgan fingerprint density at radius 1 is 0.750 bits per heavy atom. The Balaban J connectivity index is 1.24. The smallest absolute Gasteiger partial charge is 0.330 e. The summed E-state index contributed by atoms with van der Waals surface area (Å²) in [6, 6.07) is 17.9. The van der Waals surface area contributed by atoms with Crippen molar-refractivity contribution in [3.8, 4) is 0 Å².